The monoisotopic (exact) mass is 580 g/mol. The second-order valence-electron chi connectivity index (χ2n) is 11.0. The minimum Gasteiger partial charge on any atom is -0.310 e. The van der Waals surface area contributed by atoms with Crippen LogP contribution in [0.4, 0.5) is 23.7 Å². The Morgan fingerprint density at radius 1 is 1.00 bits per heavy atom. The van der Waals surface area contributed by atoms with Crippen molar-refractivity contribution in [2.45, 2.75) is 103 Å². The zero-order chi connectivity index (χ0) is 30.2. The Kier molecular flexibility index (Phi) is 10.9. The van der Waals surface area contributed by atoms with Crippen LogP contribution in [-0.2, 0) is 28.7 Å². The summed E-state index contributed by atoms with van der Waals surface area (Å²) >= 11 is 0. The van der Waals surface area contributed by atoms with E-state index in [4.69, 9.17) is 5.21 Å². The molecule has 0 bridgehead atoms. The molecule has 10 nitrogen and oxygen atoms in total. The second kappa shape index (κ2) is 13.9. The van der Waals surface area contributed by atoms with E-state index in [0.717, 1.165) is 61.7 Å². The topological polar surface area (TPSA) is 121 Å². The number of benzene rings is 1. The van der Waals surface area contributed by atoms with Gasteiger partial charge in [-0.05, 0) is 70.6 Å². The molecule has 0 saturated carbocycles. The number of nitrogens with zero attached hydrogens (tertiary/aromatic N) is 5. The molecule has 1 fully saturated rings. The van der Waals surface area contributed by atoms with Crippen molar-refractivity contribution in [1.82, 2.24) is 25.4 Å². The van der Waals surface area contributed by atoms with Gasteiger partial charge in [0, 0.05) is 25.7 Å². The number of hydrogen-bond donors (Lipinski definition) is 2. The van der Waals surface area contributed by atoms with Gasteiger partial charge in [0.05, 0.1) is 16.9 Å². The predicted octanol–water partition coefficient (Wildman–Crippen LogP) is 5.41. The average Bonchev–Trinajstić information content (AvgIpc) is 3.43. The number of urea groups is 1. The molecule has 2 aromatic rings. The molecular formula is C28H39F3N6O4. The number of anilines is 1. The summed E-state index contributed by atoms with van der Waals surface area (Å²) in [4.78, 5) is 39.5. The van der Waals surface area contributed by atoms with Gasteiger partial charge in [0.15, 0.2) is 0 Å². The van der Waals surface area contributed by atoms with Gasteiger partial charge in [0.1, 0.15) is 5.54 Å². The number of aromatic nitrogens is 3. The number of nitrogens with one attached hydrogen (secondary N) is 1. The van der Waals surface area contributed by atoms with E-state index < -0.39 is 29.2 Å². The Balaban J connectivity index is 1.43. The first-order chi connectivity index (χ1) is 19.4. The molecule has 41 heavy (non-hydrogen) atoms. The Labute approximate surface area is 237 Å². The van der Waals surface area contributed by atoms with Crippen molar-refractivity contribution in [3.63, 3.8) is 0 Å². The Bertz CT molecular complexity index is 1210. The Morgan fingerprint density at radius 2 is 1.66 bits per heavy atom. The summed E-state index contributed by atoms with van der Waals surface area (Å²) in [5.74, 6) is -0.914. The quantitative estimate of drug-likeness (QED) is 0.126. The molecule has 1 saturated heterocycles. The third-order valence-electron chi connectivity index (χ3n) is 7.42. The van der Waals surface area contributed by atoms with Crippen LogP contribution >= 0.6 is 0 Å². The fraction of sp³-hybridized carbons (Fsp3) is 0.607. The van der Waals surface area contributed by atoms with E-state index in [1.165, 1.54) is 24.0 Å². The van der Waals surface area contributed by atoms with Crippen LogP contribution in [0.5, 0.6) is 0 Å². The lowest BCUT2D eigenvalue weighted by Crippen LogP contribution is -2.44. The van der Waals surface area contributed by atoms with Gasteiger partial charge in [0.2, 0.25) is 5.91 Å². The third-order valence-corrected chi connectivity index (χ3v) is 7.42. The first-order valence-corrected chi connectivity index (χ1v) is 14.0. The summed E-state index contributed by atoms with van der Waals surface area (Å²) in [6.07, 6.45) is 5.36. The van der Waals surface area contributed by atoms with Crippen LogP contribution < -0.4 is 10.4 Å². The molecule has 0 atom stereocenters. The number of hydroxylamine groups is 1. The lowest BCUT2D eigenvalue weighted by atomic mass is 10.0. The number of unbranched alkanes of at least 4 members (excludes halogenated alkanes) is 6. The molecule has 0 unspecified atom stereocenters. The maximum Gasteiger partial charge on any atom is 0.416 e. The predicted molar refractivity (Wildman–Crippen MR) is 145 cm³/mol. The highest BCUT2D eigenvalue weighted by Gasteiger charge is 2.51. The summed E-state index contributed by atoms with van der Waals surface area (Å²) in [7, 11) is 0. The van der Waals surface area contributed by atoms with E-state index in [9.17, 15) is 27.6 Å². The SMILES string of the molecule is Cc1ccc(N2C(=O)N(CCCCc3cn(CCCCCCCCC(=O)NO)nn3)C(C)(C)C2=O)cc1C(F)(F)F. The number of alkyl halides is 3. The van der Waals surface area contributed by atoms with Crippen molar-refractivity contribution in [2.75, 3.05) is 11.4 Å². The Morgan fingerprint density at radius 3 is 2.34 bits per heavy atom. The number of aryl methyl sites for hydroxylation is 3. The van der Waals surface area contributed by atoms with Crippen molar-refractivity contribution in [3.8, 4) is 0 Å². The van der Waals surface area contributed by atoms with Gasteiger partial charge in [0.25, 0.3) is 5.91 Å². The van der Waals surface area contributed by atoms with E-state index >= 15 is 0 Å². The molecule has 0 spiro atoms. The molecule has 13 heteroatoms. The molecule has 2 heterocycles. The molecular weight excluding hydrogens is 541 g/mol. The molecule has 0 radical (unpaired) electrons. The fourth-order valence-corrected chi connectivity index (χ4v) is 4.95. The van der Waals surface area contributed by atoms with Crippen molar-refractivity contribution in [1.29, 1.82) is 0 Å². The smallest absolute Gasteiger partial charge is 0.310 e. The van der Waals surface area contributed by atoms with Crippen molar-refractivity contribution in [2.24, 2.45) is 0 Å². The second-order valence-corrected chi connectivity index (χ2v) is 11.0. The number of carbonyl (C=O) groups is 3. The first kappa shape index (κ1) is 32.0. The largest absolute Gasteiger partial charge is 0.416 e. The molecule has 1 aromatic heterocycles. The summed E-state index contributed by atoms with van der Waals surface area (Å²) in [5.41, 5.74) is 0.341. The third kappa shape index (κ3) is 8.27. The van der Waals surface area contributed by atoms with Crippen LogP contribution in [0.3, 0.4) is 0 Å². The van der Waals surface area contributed by atoms with Gasteiger partial charge in [-0.1, -0.05) is 37.0 Å². The van der Waals surface area contributed by atoms with Crippen LogP contribution in [0.25, 0.3) is 0 Å². The van der Waals surface area contributed by atoms with E-state index in [1.807, 2.05) is 6.20 Å². The Hall–Kier alpha value is -3.48. The van der Waals surface area contributed by atoms with Crippen molar-refractivity contribution >= 4 is 23.5 Å². The number of imide groups is 1. The molecule has 1 aliphatic heterocycles. The minimum absolute atomic E-state index is 0.0208. The van der Waals surface area contributed by atoms with Crippen LogP contribution in [-0.4, -0.2) is 55.0 Å². The van der Waals surface area contributed by atoms with Gasteiger partial charge >= 0.3 is 12.2 Å². The van der Waals surface area contributed by atoms with E-state index in [-0.39, 0.29) is 23.7 Å². The highest BCUT2D eigenvalue weighted by molar-refractivity contribution is 6.23. The van der Waals surface area contributed by atoms with E-state index in [1.54, 1.807) is 24.0 Å². The number of carbonyl (C=O) groups excluding carboxylic acids is 3. The molecule has 1 aliphatic rings. The van der Waals surface area contributed by atoms with Gasteiger partial charge in [-0.3, -0.25) is 19.5 Å². The van der Waals surface area contributed by atoms with Gasteiger partial charge in [-0.25, -0.2) is 15.2 Å². The lowest BCUT2D eigenvalue weighted by molar-refractivity contribution is -0.138. The summed E-state index contributed by atoms with van der Waals surface area (Å²) < 4.78 is 42.1. The lowest BCUT2D eigenvalue weighted by Gasteiger charge is -2.27. The summed E-state index contributed by atoms with van der Waals surface area (Å²) in [6.45, 7) is 5.58. The summed E-state index contributed by atoms with van der Waals surface area (Å²) in [6, 6.07) is 2.87. The normalized spacial score (nSPS) is 15.2. The molecule has 3 rings (SSSR count). The standard InChI is InChI=1S/C28H39F3N6O4/c1-20-14-15-22(18-23(20)28(29,30)31)37-25(39)27(2,3)36(26(37)40)17-11-9-12-21-19-35(34-32-21)16-10-7-5-4-6-8-13-24(38)33-41/h14-15,18-19,41H,4-13,16-17H2,1-3H3,(H,33,38). The van der Waals surface area contributed by atoms with Gasteiger partial charge in [-0.2, -0.15) is 13.2 Å². The van der Waals surface area contributed by atoms with Crippen LogP contribution in [0.15, 0.2) is 24.4 Å². The first-order valence-electron chi connectivity index (χ1n) is 14.0. The fourth-order valence-electron chi connectivity index (χ4n) is 4.95. The van der Waals surface area contributed by atoms with Crippen LogP contribution in [0.1, 0.15) is 88.5 Å². The molecule has 2 N–H and O–H groups in total. The number of amides is 4. The van der Waals surface area contributed by atoms with Gasteiger partial charge < -0.3 is 4.90 Å². The highest BCUT2D eigenvalue weighted by Crippen LogP contribution is 2.37. The van der Waals surface area contributed by atoms with Gasteiger partial charge in [-0.15, -0.1) is 5.10 Å². The average molecular weight is 581 g/mol. The van der Waals surface area contributed by atoms with Crippen LogP contribution in [0, 0.1) is 6.92 Å². The maximum absolute atomic E-state index is 13.4. The molecule has 0 aliphatic carbocycles. The van der Waals surface area contributed by atoms with Crippen molar-refractivity contribution in [3.05, 3.63) is 41.2 Å². The number of hydrogen-bond acceptors (Lipinski definition) is 6. The number of rotatable bonds is 15. The zero-order valence-corrected chi connectivity index (χ0v) is 23.8. The van der Waals surface area contributed by atoms with Crippen molar-refractivity contribution < 1.29 is 32.8 Å². The molecule has 4 amide bonds. The highest BCUT2D eigenvalue weighted by atomic mass is 19.4. The summed E-state index contributed by atoms with van der Waals surface area (Å²) in [5, 5.41) is 16.9. The number of halogens is 3. The minimum atomic E-state index is -4.59. The maximum atomic E-state index is 13.4. The zero-order valence-electron chi connectivity index (χ0n) is 23.8. The molecule has 1 aromatic carbocycles. The molecule has 226 valence electrons. The van der Waals surface area contributed by atoms with E-state index in [0.29, 0.717) is 25.7 Å². The van der Waals surface area contributed by atoms with E-state index in [2.05, 4.69) is 10.3 Å². The van der Waals surface area contributed by atoms with Crippen LogP contribution in [0.2, 0.25) is 0 Å².